The Balaban J connectivity index is 2.94. The molecular weight excluding hydrogens is 512 g/mol. The molecule has 1 aliphatic heterocycles. The molecule has 0 saturated carbocycles. The van der Waals surface area contributed by atoms with Gasteiger partial charge in [-0.3, -0.25) is 10.2 Å². The van der Waals surface area contributed by atoms with E-state index in [9.17, 15) is 9.59 Å². The van der Waals surface area contributed by atoms with Gasteiger partial charge >= 0.3 is 12.1 Å². The SMILES string of the molecule is C=C/C=C(\C=C/C)NC(=O)NCCCN1CC/C(=C/C(/C=C\CC)=C/C)CC1(C)COC(=O)N/C(C=C)=C/C=C\C. The molecule has 0 aromatic rings. The monoisotopic (exact) mass is 562 g/mol. The third-order valence-corrected chi connectivity index (χ3v) is 6.56. The van der Waals surface area contributed by atoms with E-state index in [1.165, 1.54) is 11.1 Å². The van der Waals surface area contributed by atoms with Gasteiger partial charge in [0.1, 0.15) is 6.61 Å². The number of hydrogen-bond donors (Lipinski definition) is 3. The van der Waals surface area contributed by atoms with Gasteiger partial charge < -0.3 is 15.4 Å². The van der Waals surface area contributed by atoms with Crippen LogP contribution in [0.4, 0.5) is 9.59 Å². The molecule has 3 amide bonds. The van der Waals surface area contributed by atoms with Crippen LogP contribution in [0.25, 0.3) is 0 Å². The maximum Gasteiger partial charge on any atom is 0.411 e. The minimum absolute atomic E-state index is 0.229. The Morgan fingerprint density at radius 2 is 1.85 bits per heavy atom. The number of nitrogens with one attached hydrogen (secondary N) is 3. The van der Waals surface area contributed by atoms with Crippen LogP contribution in [0.1, 0.15) is 60.3 Å². The van der Waals surface area contributed by atoms with Gasteiger partial charge in [-0.1, -0.05) is 74.3 Å². The number of carbonyl (C=O) groups is 2. The first-order chi connectivity index (χ1) is 19.7. The molecule has 3 N–H and O–H groups in total. The maximum absolute atomic E-state index is 12.6. The molecule has 41 heavy (non-hydrogen) atoms. The standard InChI is InChI=1S/C34H50N4O3/c1-8-14-19-28(12-5)25-29-21-24-38(23-16-22-35-32(39)36-31(17-10-3)18-11-4)34(7,26-29)27-41-33(40)37-30(13-6)20-15-9-2/h9-15,17-20,25H,3,6,8,16,21-24,26-27H2,1-2,4-5,7H3,(H,37,40)(H2,35,36,39)/b15-9-,18-11-,19-14-,28-12+,29-25-,30-20+,31-17+. The van der Waals surface area contributed by atoms with Gasteiger partial charge in [0.05, 0.1) is 5.54 Å². The van der Waals surface area contributed by atoms with E-state index in [2.05, 4.69) is 72.2 Å². The summed E-state index contributed by atoms with van der Waals surface area (Å²) in [4.78, 5) is 27.3. The summed E-state index contributed by atoms with van der Waals surface area (Å²) in [6.07, 6.45) is 25.7. The number of carbonyl (C=O) groups excluding carboxylic acids is 2. The van der Waals surface area contributed by atoms with Crippen LogP contribution in [-0.2, 0) is 4.74 Å². The zero-order valence-corrected chi connectivity index (χ0v) is 25.7. The van der Waals surface area contributed by atoms with Crippen LogP contribution in [0, 0.1) is 0 Å². The first kappa shape index (κ1) is 35.2. The van der Waals surface area contributed by atoms with Crippen molar-refractivity contribution in [3.05, 3.63) is 109 Å². The average Bonchev–Trinajstić information content (AvgIpc) is 2.95. The first-order valence-electron chi connectivity index (χ1n) is 14.4. The molecule has 0 aliphatic carbocycles. The molecule has 7 nitrogen and oxygen atoms in total. The van der Waals surface area contributed by atoms with Crippen LogP contribution in [-0.4, -0.2) is 48.8 Å². The number of urea groups is 1. The van der Waals surface area contributed by atoms with Crippen molar-refractivity contribution in [1.29, 1.82) is 0 Å². The van der Waals surface area contributed by atoms with Gasteiger partial charge in [0, 0.05) is 31.0 Å². The van der Waals surface area contributed by atoms with Crippen LogP contribution in [0.15, 0.2) is 109 Å². The maximum atomic E-state index is 12.6. The van der Waals surface area contributed by atoms with Crippen molar-refractivity contribution < 1.29 is 14.3 Å². The van der Waals surface area contributed by atoms with Gasteiger partial charge in [-0.15, -0.1) is 0 Å². The zero-order valence-electron chi connectivity index (χ0n) is 25.7. The van der Waals surface area contributed by atoms with Crippen LogP contribution in [0.2, 0.25) is 0 Å². The number of ether oxygens (including phenoxy) is 1. The smallest absolute Gasteiger partial charge is 0.411 e. The number of piperidine rings is 1. The largest absolute Gasteiger partial charge is 0.447 e. The highest BCUT2D eigenvalue weighted by atomic mass is 16.5. The Bertz CT molecular complexity index is 1090. The molecule has 224 valence electrons. The molecule has 1 heterocycles. The lowest BCUT2D eigenvalue weighted by atomic mass is 9.84. The molecule has 0 spiro atoms. The van der Waals surface area contributed by atoms with E-state index in [0.29, 0.717) is 17.9 Å². The number of allylic oxidation sites excluding steroid dienone is 13. The second-order valence-electron chi connectivity index (χ2n) is 9.96. The van der Waals surface area contributed by atoms with Crippen LogP contribution in [0.5, 0.6) is 0 Å². The van der Waals surface area contributed by atoms with Crippen LogP contribution in [0.3, 0.4) is 0 Å². The summed E-state index contributed by atoms with van der Waals surface area (Å²) < 4.78 is 5.75. The first-order valence-corrected chi connectivity index (χ1v) is 14.4. The Hall–Kier alpha value is -3.84. The fourth-order valence-corrected chi connectivity index (χ4v) is 4.43. The van der Waals surface area contributed by atoms with Gasteiger partial charge in [-0.25, -0.2) is 9.59 Å². The molecule has 1 aliphatic rings. The minimum atomic E-state index is -0.513. The predicted octanol–water partition coefficient (Wildman–Crippen LogP) is 7.39. The predicted molar refractivity (Wildman–Crippen MR) is 172 cm³/mol. The topological polar surface area (TPSA) is 82.7 Å². The van der Waals surface area contributed by atoms with E-state index in [0.717, 1.165) is 38.8 Å². The molecule has 1 saturated heterocycles. The Kier molecular flexibility index (Phi) is 17.2. The van der Waals surface area contributed by atoms with Crippen molar-refractivity contribution in [2.75, 3.05) is 26.2 Å². The molecule has 0 aromatic carbocycles. The summed E-state index contributed by atoms with van der Waals surface area (Å²) in [7, 11) is 0. The molecule has 0 radical (unpaired) electrons. The molecule has 7 heteroatoms. The lowest BCUT2D eigenvalue weighted by molar-refractivity contribution is 0.0175. The van der Waals surface area contributed by atoms with Gasteiger partial charge in [0.2, 0.25) is 0 Å². The van der Waals surface area contributed by atoms with Gasteiger partial charge in [-0.2, -0.15) is 0 Å². The molecule has 0 aromatic heterocycles. The highest BCUT2D eigenvalue weighted by Crippen LogP contribution is 2.33. The molecule has 0 bridgehead atoms. The number of likely N-dealkylation sites (tertiary alicyclic amines) is 1. The van der Waals surface area contributed by atoms with Gasteiger partial charge in [0.25, 0.3) is 0 Å². The van der Waals surface area contributed by atoms with E-state index in [1.807, 2.05) is 45.1 Å². The number of hydrogen-bond acceptors (Lipinski definition) is 4. The molecular formula is C34H50N4O3. The Morgan fingerprint density at radius 3 is 2.49 bits per heavy atom. The number of rotatable bonds is 15. The van der Waals surface area contributed by atoms with Crippen LogP contribution >= 0.6 is 0 Å². The Morgan fingerprint density at radius 1 is 1.07 bits per heavy atom. The second kappa shape index (κ2) is 20.1. The number of nitrogens with zero attached hydrogens (tertiary/aromatic N) is 1. The highest BCUT2D eigenvalue weighted by molar-refractivity contribution is 5.76. The summed E-state index contributed by atoms with van der Waals surface area (Å²) in [5, 5.41) is 8.51. The van der Waals surface area contributed by atoms with E-state index in [4.69, 9.17) is 4.74 Å². The Labute approximate surface area is 247 Å². The van der Waals surface area contributed by atoms with Crippen molar-refractivity contribution in [3.63, 3.8) is 0 Å². The lowest BCUT2D eigenvalue weighted by Crippen LogP contribution is -2.54. The summed E-state index contributed by atoms with van der Waals surface area (Å²) in [5.74, 6) is 0. The molecule has 1 atom stereocenters. The average molecular weight is 563 g/mol. The van der Waals surface area contributed by atoms with Crippen molar-refractivity contribution in [3.8, 4) is 0 Å². The minimum Gasteiger partial charge on any atom is -0.447 e. The number of amides is 3. The third kappa shape index (κ3) is 13.9. The lowest BCUT2D eigenvalue weighted by Gasteiger charge is -2.45. The highest BCUT2D eigenvalue weighted by Gasteiger charge is 2.37. The second-order valence-corrected chi connectivity index (χ2v) is 9.96. The molecule has 1 fully saturated rings. The van der Waals surface area contributed by atoms with Crippen molar-refractivity contribution in [2.45, 2.75) is 65.8 Å². The van der Waals surface area contributed by atoms with E-state index in [-0.39, 0.29) is 12.6 Å². The molecule has 1 unspecified atom stereocenters. The van der Waals surface area contributed by atoms with E-state index in [1.54, 1.807) is 24.3 Å². The molecule has 1 rings (SSSR count). The van der Waals surface area contributed by atoms with Gasteiger partial charge in [0.15, 0.2) is 0 Å². The van der Waals surface area contributed by atoms with Crippen molar-refractivity contribution in [2.24, 2.45) is 0 Å². The van der Waals surface area contributed by atoms with Gasteiger partial charge in [-0.05, 0) is 83.3 Å². The zero-order chi connectivity index (χ0) is 30.5. The number of alkyl carbamates (subject to hydrolysis) is 1. The summed E-state index contributed by atoms with van der Waals surface area (Å²) in [6.45, 7) is 19.9. The van der Waals surface area contributed by atoms with E-state index >= 15 is 0 Å². The summed E-state index contributed by atoms with van der Waals surface area (Å²) in [6, 6.07) is -0.258. The third-order valence-electron chi connectivity index (χ3n) is 6.56. The fraction of sp³-hybridized carbons (Fsp3) is 0.412. The summed E-state index contributed by atoms with van der Waals surface area (Å²) >= 11 is 0. The van der Waals surface area contributed by atoms with Crippen molar-refractivity contribution in [1.82, 2.24) is 20.9 Å². The summed E-state index contributed by atoms with van der Waals surface area (Å²) in [5.41, 5.74) is 3.35. The fourth-order valence-electron chi connectivity index (χ4n) is 4.43. The van der Waals surface area contributed by atoms with E-state index < -0.39 is 11.6 Å². The quantitative estimate of drug-likeness (QED) is 0.144. The van der Waals surface area contributed by atoms with Crippen molar-refractivity contribution >= 4 is 12.1 Å². The normalized spacial score (nSPS) is 20.1. The van der Waals surface area contributed by atoms with Crippen LogP contribution < -0.4 is 16.0 Å².